The monoisotopic (exact) mass is 903 g/mol. The van der Waals surface area contributed by atoms with Gasteiger partial charge in [-0.2, -0.15) is 0 Å². The molecule has 0 aliphatic carbocycles. The van der Waals surface area contributed by atoms with E-state index >= 15 is 0 Å². The van der Waals surface area contributed by atoms with Gasteiger partial charge in [-0.3, -0.25) is 18.6 Å². The third-order valence-corrected chi connectivity index (χ3v) is 11.1. The number of quaternary nitrogens is 1. The highest BCUT2D eigenvalue weighted by Crippen LogP contribution is 2.43. The fourth-order valence-electron chi connectivity index (χ4n) is 6.31. The Morgan fingerprint density at radius 3 is 1.35 bits per heavy atom. The summed E-state index contributed by atoms with van der Waals surface area (Å²) >= 11 is 0. The van der Waals surface area contributed by atoms with Crippen molar-refractivity contribution in [3.05, 3.63) is 85.1 Å². The number of rotatable bonds is 44. The van der Waals surface area contributed by atoms with Crippen LogP contribution in [0.3, 0.4) is 0 Å². The number of unbranched alkanes of at least 4 members (excludes halogenated alkanes) is 16. The summed E-state index contributed by atoms with van der Waals surface area (Å²) in [7, 11) is 1.45. The first kappa shape index (κ1) is 60.2. The summed E-state index contributed by atoms with van der Waals surface area (Å²) in [5.41, 5.74) is 0. The lowest BCUT2D eigenvalue weighted by molar-refractivity contribution is -0.870. The van der Waals surface area contributed by atoms with Crippen LogP contribution in [0.4, 0.5) is 0 Å². The van der Waals surface area contributed by atoms with Gasteiger partial charge in [0.25, 0.3) is 0 Å². The number of allylic oxidation sites excluding steroid dienone is 14. The number of hydrogen-bond donors (Lipinski definition) is 1. The van der Waals surface area contributed by atoms with Crippen LogP contribution in [-0.2, 0) is 32.7 Å². The van der Waals surface area contributed by atoms with Gasteiger partial charge >= 0.3 is 19.8 Å². The Bertz CT molecular complexity index is 1340. The minimum Gasteiger partial charge on any atom is -0.462 e. The number of carbonyl (C=O) groups is 2. The van der Waals surface area contributed by atoms with Crippen LogP contribution in [0.2, 0.25) is 0 Å². The van der Waals surface area contributed by atoms with Crippen molar-refractivity contribution in [3.8, 4) is 0 Å². The van der Waals surface area contributed by atoms with Crippen LogP contribution in [0.1, 0.15) is 187 Å². The molecule has 1 N–H and O–H groups in total. The van der Waals surface area contributed by atoms with Crippen LogP contribution in [0.25, 0.3) is 0 Å². The van der Waals surface area contributed by atoms with Crippen LogP contribution in [-0.4, -0.2) is 74.9 Å². The van der Waals surface area contributed by atoms with Gasteiger partial charge in [0.05, 0.1) is 27.7 Å². The second-order valence-electron chi connectivity index (χ2n) is 17.5. The Morgan fingerprint density at radius 1 is 0.508 bits per heavy atom. The highest BCUT2D eigenvalue weighted by molar-refractivity contribution is 7.47. The van der Waals surface area contributed by atoms with Gasteiger partial charge in [0.1, 0.15) is 19.8 Å². The van der Waals surface area contributed by atoms with E-state index in [-0.39, 0.29) is 32.0 Å². The van der Waals surface area contributed by atoms with Gasteiger partial charge in [-0.05, 0) is 89.9 Å². The summed E-state index contributed by atoms with van der Waals surface area (Å²) in [6, 6.07) is 0. The zero-order valence-electron chi connectivity index (χ0n) is 40.8. The van der Waals surface area contributed by atoms with E-state index in [1.165, 1.54) is 51.4 Å². The van der Waals surface area contributed by atoms with Crippen LogP contribution in [0, 0.1) is 0 Å². The summed E-state index contributed by atoms with van der Waals surface area (Å²) in [6.45, 7) is 4.25. The molecule has 0 aromatic carbocycles. The van der Waals surface area contributed by atoms with Gasteiger partial charge in [-0.1, -0.05) is 170 Å². The van der Waals surface area contributed by atoms with Crippen molar-refractivity contribution in [2.45, 2.75) is 193 Å². The van der Waals surface area contributed by atoms with Crippen LogP contribution in [0.15, 0.2) is 85.1 Å². The summed E-state index contributed by atoms with van der Waals surface area (Å²) < 4.78 is 34.4. The van der Waals surface area contributed by atoms with Crippen molar-refractivity contribution in [1.29, 1.82) is 0 Å². The van der Waals surface area contributed by atoms with E-state index in [1.807, 2.05) is 21.1 Å². The topological polar surface area (TPSA) is 108 Å². The molecule has 0 rings (SSSR count). The molecule has 0 aliphatic rings. The molecule has 0 saturated carbocycles. The zero-order valence-corrected chi connectivity index (χ0v) is 41.7. The molecule has 0 radical (unpaired) electrons. The molecule has 2 atom stereocenters. The Morgan fingerprint density at radius 2 is 0.905 bits per heavy atom. The maximum atomic E-state index is 12.8. The second kappa shape index (κ2) is 44.4. The van der Waals surface area contributed by atoms with Crippen LogP contribution in [0.5, 0.6) is 0 Å². The third-order valence-electron chi connectivity index (χ3n) is 10.2. The van der Waals surface area contributed by atoms with Crippen molar-refractivity contribution >= 4 is 19.8 Å². The normalized spacial score (nSPS) is 14.2. The number of phosphoric acid groups is 1. The standard InChI is InChI=1S/C53H92NO8P/c1-6-8-10-12-14-16-18-20-22-24-25-26-27-28-29-30-32-34-36-38-40-42-44-46-53(56)62-51(50-61-63(57,58)60-48-47-54(3,4)5)49-59-52(55)45-43-41-39-37-35-33-31-23-21-19-17-15-13-11-9-7-2/h8,10,14,16-17,19-20,22-23,25-26,28-29,31,51H,6-7,9,11-13,15,18,21,24,27,30,32-50H2,1-5H3/p+1/b10-8-,16-14-,19-17-,22-20-,26-25-,29-28-,31-23-. The third kappa shape index (κ3) is 48.5. The first-order chi connectivity index (χ1) is 30.5. The molecule has 0 spiro atoms. The largest absolute Gasteiger partial charge is 0.472 e. The van der Waals surface area contributed by atoms with Gasteiger partial charge in [0, 0.05) is 12.8 Å². The van der Waals surface area contributed by atoms with E-state index in [0.717, 1.165) is 103 Å². The first-order valence-corrected chi connectivity index (χ1v) is 26.3. The lowest BCUT2D eigenvalue weighted by atomic mass is 10.1. The van der Waals surface area contributed by atoms with E-state index in [4.69, 9.17) is 18.5 Å². The number of carbonyl (C=O) groups excluding carboxylic acids is 2. The molecule has 0 aromatic rings. The van der Waals surface area contributed by atoms with Crippen molar-refractivity contribution in [2.75, 3.05) is 47.5 Å². The maximum absolute atomic E-state index is 12.8. The van der Waals surface area contributed by atoms with Crippen LogP contribution < -0.4 is 0 Å². The molecule has 362 valence electrons. The number of likely N-dealkylation sites (N-methyl/N-ethyl adjacent to an activating group) is 1. The van der Waals surface area contributed by atoms with Gasteiger partial charge < -0.3 is 18.9 Å². The Labute approximate surface area is 386 Å². The molecule has 10 heteroatoms. The lowest BCUT2D eigenvalue weighted by Gasteiger charge is -2.24. The average Bonchev–Trinajstić information content (AvgIpc) is 3.24. The number of hydrogen-bond acceptors (Lipinski definition) is 7. The zero-order chi connectivity index (χ0) is 46.4. The molecule has 0 fully saturated rings. The predicted molar refractivity (Wildman–Crippen MR) is 265 cm³/mol. The number of esters is 2. The van der Waals surface area contributed by atoms with Crippen molar-refractivity contribution in [3.63, 3.8) is 0 Å². The van der Waals surface area contributed by atoms with Gasteiger partial charge in [-0.15, -0.1) is 0 Å². The maximum Gasteiger partial charge on any atom is 0.472 e. The SMILES string of the molecule is CC/C=C\C/C=C\C/C=C\C/C=C\C/C=C\CCCCCCCCCC(=O)OC(COC(=O)CCCCCCC/C=C\C/C=C\CCCCCC)COP(=O)(O)OCC[N+](C)(C)C. The molecule has 0 saturated heterocycles. The van der Waals surface area contributed by atoms with Crippen molar-refractivity contribution in [2.24, 2.45) is 0 Å². The fraction of sp³-hybridized carbons (Fsp3) is 0.698. The van der Waals surface area contributed by atoms with E-state index < -0.39 is 26.5 Å². The molecule has 2 unspecified atom stereocenters. The van der Waals surface area contributed by atoms with Crippen LogP contribution >= 0.6 is 7.82 Å². The summed E-state index contributed by atoms with van der Waals surface area (Å²) in [6.07, 6.45) is 57.7. The summed E-state index contributed by atoms with van der Waals surface area (Å²) in [5.74, 6) is -0.832. The van der Waals surface area contributed by atoms with Crippen molar-refractivity contribution < 1.29 is 42.1 Å². The number of nitrogens with zero attached hydrogens (tertiary/aromatic N) is 1. The average molecular weight is 903 g/mol. The minimum absolute atomic E-state index is 0.0224. The molecule has 0 aromatic heterocycles. The van der Waals surface area contributed by atoms with Gasteiger partial charge in [-0.25, -0.2) is 4.57 Å². The van der Waals surface area contributed by atoms with E-state index in [1.54, 1.807) is 0 Å². The smallest absolute Gasteiger partial charge is 0.462 e. The molecule has 63 heavy (non-hydrogen) atoms. The van der Waals surface area contributed by atoms with Crippen molar-refractivity contribution in [1.82, 2.24) is 0 Å². The second-order valence-corrected chi connectivity index (χ2v) is 18.9. The molecular formula is C53H93NO8P+. The Kier molecular flexibility index (Phi) is 42.4. The minimum atomic E-state index is -4.39. The van der Waals surface area contributed by atoms with E-state index in [0.29, 0.717) is 17.4 Å². The van der Waals surface area contributed by atoms with Gasteiger partial charge in [0.15, 0.2) is 6.10 Å². The van der Waals surface area contributed by atoms with E-state index in [2.05, 4.69) is 98.9 Å². The molecule has 0 heterocycles. The first-order valence-electron chi connectivity index (χ1n) is 24.8. The molecule has 0 aliphatic heterocycles. The number of ether oxygens (including phenoxy) is 2. The number of phosphoric ester groups is 1. The van der Waals surface area contributed by atoms with E-state index in [9.17, 15) is 19.0 Å². The molecule has 9 nitrogen and oxygen atoms in total. The highest BCUT2D eigenvalue weighted by Gasteiger charge is 2.27. The Hall–Kier alpha value is -2.81. The van der Waals surface area contributed by atoms with Gasteiger partial charge in [0.2, 0.25) is 0 Å². The summed E-state index contributed by atoms with van der Waals surface area (Å²) in [5, 5.41) is 0. The lowest BCUT2D eigenvalue weighted by Crippen LogP contribution is -2.37. The molecular weight excluding hydrogens is 810 g/mol. The quantitative estimate of drug-likeness (QED) is 0.0212. The summed E-state index contributed by atoms with van der Waals surface area (Å²) in [4.78, 5) is 35.5. The predicted octanol–water partition coefficient (Wildman–Crippen LogP) is 14.7. The molecule has 0 amide bonds. The Balaban J connectivity index is 4.34. The highest BCUT2D eigenvalue weighted by atomic mass is 31.2. The molecule has 0 bridgehead atoms. The fourth-order valence-corrected chi connectivity index (χ4v) is 7.05.